The number of allylic oxidation sites excluding steroid dienone is 8. The predicted molar refractivity (Wildman–Crippen MR) is 246 cm³/mol. The van der Waals surface area contributed by atoms with Crippen LogP contribution >= 0.6 is 11.8 Å². The average molecular weight is 839 g/mol. The van der Waals surface area contributed by atoms with Crippen LogP contribution in [0, 0.1) is 47.3 Å². The number of thioether (sulfide) groups is 1. The van der Waals surface area contributed by atoms with Crippen molar-refractivity contribution in [3.63, 3.8) is 0 Å². The molecule has 332 valence electrons. The zero-order valence-corrected chi connectivity index (χ0v) is 38.2. The lowest BCUT2D eigenvalue weighted by atomic mass is 9.68. The minimum Gasteiger partial charge on any atom is -0.204 e. The molecule has 0 bridgehead atoms. The second-order valence-corrected chi connectivity index (χ2v) is 21.6. The van der Waals surface area contributed by atoms with Crippen molar-refractivity contribution in [2.24, 2.45) is 47.3 Å². The molecule has 0 radical (unpaired) electrons. The van der Waals surface area contributed by atoms with E-state index in [0.717, 1.165) is 61.2 Å². The minimum absolute atomic E-state index is 0.218. The second kappa shape index (κ2) is 25.0. The van der Waals surface area contributed by atoms with E-state index in [-0.39, 0.29) is 11.8 Å². The first-order valence-electron chi connectivity index (χ1n) is 25.4. The number of unbranched alkanes of at least 4 members (excludes halogenated alkanes) is 10. The highest BCUT2D eigenvalue weighted by atomic mass is 32.2. The van der Waals surface area contributed by atoms with E-state index in [1.54, 1.807) is 12.2 Å². The van der Waals surface area contributed by atoms with Crippen LogP contribution < -0.4 is 0 Å². The summed E-state index contributed by atoms with van der Waals surface area (Å²) >= 11 is 1.42. The lowest BCUT2D eigenvalue weighted by Gasteiger charge is -2.38. The maximum absolute atomic E-state index is 15.7. The molecule has 2 atom stereocenters. The molecule has 6 aliphatic rings. The third-order valence-electron chi connectivity index (χ3n) is 16.2. The molecule has 6 aliphatic carbocycles. The fourth-order valence-corrected chi connectivity index (χ4v) is 13.7. The quantitative estimate of drug-likeness (QED) is 0.0869. The molecule has 0 aromatic heterocycles. The van der Waals surface area contributed by atoms with E-state index in [2.05, 4.69) is 13.8 Å². The molecule has 0 aromatic carbocycles. The SMILES string of the molecule is CCCCCCCCC1CCC(C2CCC(C=C3C(F)=C(F)C=CC3SC3C=CC(F)=C(F)C3=CC3CCC(C4CCC(CCCCCCCC)CC4)CC3)CC2)CC1. The number of rotatable bonds is 20. The predicted octanol–water partition coefficient (Wildman–Crippen LogP) is 18.5. The molecule has 5 heteroatoms. The summed E-state index contributed by atoms with van der Waals surface area (Å²) in [5, 5.41) is -0.902. The molecular formula is C54H82F4S. The Labute approximate surface area is 363 Å². The normalized spacial score (nSPS) is 34.7. The van der Waals surface area contributed by atoms with Crippen molar-refractivity contribution in [3.8, 4) is 0 Å². The maximum atomic E-state index is 15.7. The fourth-order valence-electron chi connectivity index (χ4n) is 12.4. The lowest BCUT2D eigenvalue weighted by molar-refractivity contribution is 0.151. The van der Waals surface area contributed by atoms with Crippen molar-refractivity contribution >= 4 is 11.8 Å². The van der Waals surface area contributed by atoms with Crippen molar-refractivity contribution in [2.45, 2.75) is 217 Å². The Morgan fingerprint density at radius 2 is 0.763 bits per heavy atom. The molecule has 4 saturated carbocycles. The maximum Gasteiger partial charge on any atom is 0.163 e. The van der Waals surface area contributed by atoms with E-state index in [9.17, 15) is 8.78 Å². The highest BCUT2D eigenvalue weighted by Crippen LogP contribution is 2.48. The third kappa shape index (κ3) is 14.3. The Morgan fingerprint density at radius 1 is 0.441 bits per heavy atom. The van der Waals surface area contributed by atoms with Gasteiger partial charge in [0.15, 0.2) is 23.3 Å². The topological polar surface area (TPSA) is 0 Å². The summed E-state index contributed by atoms with van der Waals surface area (Å²) in [6.45, 7) is 4.57. The van der Waals surface area contributed by atoms with E-state index in [0.29, 0.717) is 11.1 Å². The minimum atomic E-state index is -0.824. The first-order valence-corrected chi connectivity index (χ1v) is 26.3. The van der Waals surface area contributed by atoms with Crippen molar-refractivity contribution in [3.05, 3.63) is 70.9 Å². The van der Waals surface area contributed by atoms with Gasteiger partial charge >= 0.3 is 0 Å². The van der Waals surface area contributed by atoms with Gasteiger partial charge in [0.05, 0.1) is 10.5 Å². The van der Waals surface area contributed by atoms with Gasteiger partial charge < -0.3 is 0 Å². The van der Waals surface area contributed by atoms with E-state index < -0.39 is 33.8 Å². The van der Waals surface area contributed by atoms with Gasteiger partial charge in [-0.25, -0.2) is 17.6 Å². The van der Waals surface area contributed by atoms with Crippen LogP contribution in [0.3, 0.4) is 0 Å². The molecule has 0 aromatic rings. The van der Waals surface area contributed by atoms with Crippen LogP contribution in [0.15, 0.2) is 70.9 Å². The molecule has 0 spiro atoms. The Hall–Kier alpha value is -1.49. The average Bonchev–Trinajstić information content (AvgIpc) is 3.26. The van der Waals surface area contributed by atoms with Crippen LogP contribution in [0.4, 0.5) is 17.6 Å². The second-order valence-electron chi connectivity index (χ2n) is 20.3. The fraction of sp³-hybridized carbons (Fsp3) is 0.778. The van der Waals surface area contributed by atoms with Gasteiger partial charge in [-0.05, 0) is 137 Å². The van der Waals surface area contributed by atoms with Gasteiger partial charge in [0.1, 0.15) is 0 Å². The third-order valence-corrected chi connectivity index (χ3v) is 17.6. The molecule has 59 heavy (non-hydrogen) atoms. The van der Waals surface area contributed by atoms with Gasteiger partial charge in [0.25, 0.3) is 0 Å². The van der Waals surface area contributed by atoms with Crippen LogP contribution in [0.1, 0.15) is 206 Å². The molecule has 0 N–H and O–H groups in total. The van der Waals surface area contributed by atoms with Gasteiger partial charge in [-0.15, -0.1) is 11.8 Å². The first-order chi connectivity index (χ1) is 28.8. The summed E-state index contributed by atoms with van der Waals surface area (Å²) < 4.78 is 61.0. The highest BCUT2D eigenvalue weighted by Gasteiger charge is 2.35. The van der Waals surface area contributed by atoms with Gasteiger partial charge in [0, 0.05) is 11.1 Å². The van der Waals surface area contributed by atoms with Gasteiger partial charge in [0.2, 0.25) is 0 Å². The Bertz CT molecular complexity index is 1330. The standard InChI is InChI=1S/C54H82F4S/c1-3-5-7-9-11-13-15-39-17-25-43(26-18-39)45-29-21-41(22-30-45)37-47-51(35-33-49(55)53(47)57)59-52-36-34-50(56)54(58)48(52)38-42-23-31-46(32-24-42)44-27-19-40(20-28-44)16-14-12-10-8-6-4-2/h33-46,51-52H,3-32H2,1-2H3. The zero-order valence-electron chi connectivity index (χ0n) is 37.4. The molecule has 4 fully saturated rings. The Kier molecular flexibility index (Phi) is 19.9. The van der Waals surface area contributed by atoms with Crippen LogP contribution in [-0.2, 0) is 0 Å². The Balaban J connectivity index is 0.973. The van der Waals surface area contributed by atoms with Crippen molar-refractivity contribution < 1.29 is 17.6 Å². The van der Waals surface area contributed by atoms with E-state index in [1.807, 2.05) is 12.2 Å². The monoisotopic (exact) mass is 839 g/mol. The largest absolute Gasteiger partial charge is 0.204 e. The molecule has 0 saturated heterocycles. The molecule has 6 rings (SSSR count). The van der Waals surface area contributed by atoms with Crippen LogP contribution in [0.25, 0.3) is 0 Å². The number of hydrogen-bond donors (Lipinski definition) is 0. The number of halogens is 4. The highest BCUT2D eigenvalue weighted by molar-refractivity contribution is 8.01. The van der Waals surface area contributed by atoms with Crippen molar-refractivity contribution in [1.82, 2.24) is 0 Å². The Morgan fingerprint density at radius 3 is 1.12 bits per heavy atom. The summed E-state index contributed by atoms with van der Waals surface area (Å²) in [6, 6.07) is 0. The summed E-state index contributed by atoms with van der Waals surface area (Å²) in [5.41, 5.74) is 0.776. The molecule has 0 heterocycles. The van der Waals surface area contributed by atoms with Crippen LogP contribution in [-0.4, -0.2) is 10.5 Å². The van der Waals surface area contributed by atoms with Gasteiger partial charge in [-0.2, -0.15) is 0 Å². The van der Waals surface area contributed by atoms with Gasteiger partial charge in [-0.3, -0.25) is 0 Å². The van der Waals surface area contributed by atoms with E-state index >= 15 is 8.78 Å². The summed E-state index contributed by atoms with van der Waals surface area (Å²) in [6.07, 6.45) is 49.1. The van der Waals surface area contributed by atoms with E-state index in [1.165, 1.54) is 191 Å². The lowest BCUT2D eigenvalue weighted by Crippen LogP contribution is -2.26. The number of hydrogen-bond acceptors (Lipinski definition) is 1. The van der Waals surface area contributed by atoms with Crippen LogP contribution in [0.2, 0.25) is 0 Å². The molecule has 0 nitrogen and oxygen atoms in total. The van der Waals surface area contributed by atoms with E-state index in [4.69, 9.17) is 0 Å². The summed E-state index contributed by atoms with van der Waals surface area (Å²) in [4.78, 5) is 0. The smallest absolute Gasteiger partial charge is 0.163 e. The summed E-state index contributed by atoms with van der Waals surface area (Å²) in [5.74, 6) is 2.21. The van der Waals surface area contributed by atoms with Crippen molar-refractivity contribution in [1.29, 1.82) is 0 Å². The van der Waals surface area contributed by atoms with Gasteiger partial charge in [-0.1, -0.05) is 154 Å². The molecule has 0 aliphatic heterocycles. The summed E-state index contributed by atoms with van der Waals surface area (Å²) in [7, 11) is 0. The van der Waals surface area contributed by atoms with Crippen molar-refractivity contribution in [2.75, 3.05) is 0 Å². The molecular weight excluding hydrogens is 757 g/mol. The molecule has 2 unspecified atom stereocenters. The van der Waals surface area contributed by atoms with Crippen LogP contribution in [0.5, 0.6) is 0 Å². The molecule has 0 amide bonds. The zero-order chi connectivity index (χ0) is 41.4. The first kappa shape index (κ1) is 47.0.